The van der Waals surface area contributed by atoms with Crippen LogP contribution in [0.15, 0.2) is 59.7 Å². The topological polar surface area (TPSA) is 110 Å². The minimum atomic E-state index is -1.13. The van der Waals surface area contributed by atoms with E-state index in [-0.39, 0.29) is 45.5 Å². The number of nitrogens with zero attached hydrogens (tertiary/aromatic N) is 4. The Kier molecular flexibility index (Phi) is 11.0. The molecule has 0 saturated carbocycles. The third-order valence-corrected chi connectivity index (χ3v) is 6.77. The fourth-order valence-corrected chi connectivity index (χ4v) is 4.24. The van der Waals surface area contributed by atoms with Gasteiger partial charge in [-0.3, -0.25) is 19.7 Å². The summed E-state index contributed by atoms with van der Waals surface area (Å²) in [4.78, 5) is 37.4. The molecule has 230 valence electrons. The summed E-state index contributed by atoms with van der Waals surface area (Å²) in [6.45, 7) is 5.96. The zero-order valence-electron chi connectivity index (χ0n) is 25.0. The van der Waals surface area contributed by atoms with E-state index in [0.717, 1.165) is 11.0 Å². The summed E-state index contributed by atoms with van der Waals surface area (Å²) in [5.41, 5.74) is 6.62. The molecule has 3 rings (SSSR count). The van der Waals surface area contributed by atoms with Gasteiger partial charge in [-0.05, 0) is 53.8 Å². The van der Waals surface area contributed by atoms with E-state index in [4.69, 9.17) is 26.8 Å². The highest BCUT2D eigenvalue weighted by atomic mass is 35.5. The quantitative estimate of drug-likeness (QED) is 0.223. The molecule has 0 spiro atoms. The van der Waals surface area contributed by atoms with Crippen LogP contribution < -0.4 is 10.5 Å². The van der Waals surface area contributed by atoms with Gasteiger partial charge >= 0.3 is 6.09 Å². The normalized spacial score (nSPS) is 12.4. The summed E-state index contributed by atoms with van der Waals surface area (Å²) >= 11 is 6.45. The summed E-state index contributed by atoms with van der Waals surface area (Å²) in [5, 5.41) is 0.191. The highest BCUT2D eigenvalue weighted by molar-refractivity contribution is 6.33. The second-order valence-electron chi connectivity index (χ2n) is 11.1. The molecule has 43 heavy (non-hydrogen) atoms. The predicted molar refractivity (Wildman–Crippen MR) is 162 cm³/mol. The van der Waals surface area contributed by atoms with Crippen LogP contribution >= 0.6 is 11.6 Å². The summed E-state index contributed by atoms with van der Waals surface area (Å²) in [6.07, 6.45) is 1.36. The van der Waals surface area contributed by atoms with Crippen molar-refractivity contribution in [2.24, 2.45) is 16.1 Å². The van der Waals surface area contributed by atoms with E-state index in [1.54, 1.807) is 6.07 Å². The molecular formula is C31H36ClF2N5O4. The van der Waals surface area contributed by atoms with Gasteiger partial charge in [0.15, 0.2) is 5.96 Å². The maximum absolute atomic E-state index is 15.2. The molecule has 1 heterocycles. The van der Waals surface area contributed by atoms with Gasteiger partial charge in [0.2, 0.25) is 0 Å². The van der Waals surface area contributed by atoms with Crippen LogP contribution in [0.25, 0.3) is 11.3 Å². The van der Waals surface area contributed by atoms with Gasteiger partial charge in [-0.1, -0.05) is 38.4 Å². The lowest BCUT2D eigenvalue weighted by Crippen LogP contribution is -2.47. The van der Waals surface area contributed by atoms with Crippen LogP contribution in [0.5, 0.6) is 5.75 Å². The van der Waals surface area contributed by atoms with Crippen LogP contribution in [0.3, 0.4) is 0 Å². The molecule has 0 unspecified atom stereocenters. The van der Waals surface area contributed by atoms with Gasteiger partial charge in [0, 0.05) is 38.5 Å². The Morgan fingerprint density at radius 2 is 1.81 bits per heavy atom. The zero-order chi connectivity index (χ0) is 31.9. The zero-order valence-corrected chi connectivity index (χ0v) is 25.8. The molecule has 0 fully saturated rings. The van der Waals surface area contributed by atoms with Crippen molar-refractivity contribution in [3.63, 3.8) is 0 Å². The van der Waals surface area contributed by atoms with Crippen LogP contribution in [0.1, 0.15) is 49.2 Å². The first-order valence-corrected chi connectivity index (χ1v) is 13.8. The van der Waals surface area contributed by atoms with Crippen molar-refractivity contribution in [3.8, 4) is 17.0 Å². The molecule has 2 aromatic carbocycles. The standard InChI is InChI=1S/C31H36ClF2N5O4/c1-31(2,3)13-15-37-29(35)39(28(40)21-11-10-20(42-6)17-25(21)34)26(18-43-30(41)38(4)5)19-9-12-23(32)22(16-19)27-24(33)8-7-14-36-27/h7-12,14,16-17,26H,13,15,18H2,1-6H3,(H2,35,37)/t26-/m1/s1. The number of aromatic nitrogens is 1. The first-order valence-electron chi connectivity index (χ1n) is 13.4. The van der Waals surface area contributed by atoms with E-state index in [1.165, 1.54) is 68.7 Å². The number of carbonyl (C=O) groups excluding carboxylic acids is 2. The molecule has 0 bridgehead atoms. The van der Waals surface area contributed by atoms with Crippen molar-refractivity contribution < 1.29 is 27.8 Å². The third kappa shape index (κ3) is 8.63. The molecular weight excluding hydrogens is 580 g/mol. The Bertz CT molecular complexity index is 1490. The highest BCUT2D eigenvalue weighted by Gasteiger charge is 2.33. The second-order valence-corrected chi connectivity index (χ2v) is 11.5. The lowest BCUT2D eigenvalue weighted by molar-refractivity contribution is 0.0656. The number of halogens is 3. The molecule has 2 N–H and O–H groups in total. The van der Waals surface area contributed by atoms with Gasteiger partial charge in [0.1, 0.15) is 29.7 Å². The maximum Gasteiger partial charge on any atom is 0.409 e. The number of amides is 2. The Hall–Kier alpha value is -4.25. The number of guanidine groups is 1. The predicted octanol–water partition coefficient (Wildman–Crippen LogP) is 6.32. The van der Waals surface area contributed by atoms with E-state index < -0.39 is 36.3 Å². The van der Waals surface area contributed by atoms with Crippen molar-refractivity contribution >= 4 is 29.6 Å². The molecule has 0 saturated heterocycles. The Morgan fingerprint density at radius 1 is 1.09 bits per heavy atom. The molecule has 0 aliphatic rings. The number of nitrogens with two attached hydrogens (primary N) is 1. The van der Waals surface area contributed by atoms with Crippen LogP contribution in [0.2, 0.25) is 5.02 Å². The summed E-state index contributed by atoms with van der Waals surface area (Å²) in [6, 6.07) is 9.94. The third-order valence-electron chi connectivity index (χ3n) is 6.44. The smallest absolute Gasteiger partial charge is 0.409 e. The van der Waals surface area contributed by atoms with Crippen molar-refractivity contribution in [2.45, 2.75) is 33.2 Å². The van der Waals surface area contributed by atoms with Gasteiger partial charge in [0.05, 0.1) is 23.7 Å². The first-order chi connectivity index (χ1) is 20.2. The van der Waals surface area contributed by atoms with Crippen molar-refractivity contribution in [2.75, 3.05) is 34.4 Å². The first kappa shape index (κ1) is 33.3. The van der Waals surface area contributed by atoms with Crippen molar-refractivity contribution in [1.29, 1.82) is 0 Å². The minimum Gasteiger partial charge on any atom is -0.497 e. The fourth-order valence-electron chi connectivity index (χ4n) is 4.03. The van der Waals surface area contributed by atoms with E-state index in [9.17, 15) is 14.0 Å². The summed E-state index contributed by atoms with van der Waals surface area (Å²) in [5.74, 6) is -2.33. The molecule has 0 radical (unpaired) electrons. The van der Waals surface area contributed by atoms with Gasteiger partial charge in [-0.2, -0.15) is 0 Å². The summed E-state index contributed by atoms with van der Waals surface area (Å²) < 4.78 is 40.6. The molecule has 2 amide bonds. The van der Waals surface area contributed by atoms with Crippen molar-refractivity contribution in [1.82, 2.24) is 14.8 Å². The lowest BCUT2D eigenvalue weighted by Gasteiger charge is -2.32. The van der Waals surface area contributed by atoms with Crippen LogP contribution in [-0.2, 0) is 4.74 Å². The monoisotopic (exact) mass is 615 g/mol. The van der Waals surface area contributed by atoms with Crippen LogP contribution in [-0.4, -0.2) is 67.1 Å². The Balaban J connectivity index is 2.22. The van der Waals surface area contributed by atoms with Crippen LogP contribution in [0, 0.1) is 17.0 Å². The number of hydrogen-bond acceptors (Lipinski definition) is 6. The van der Waals surface area contributed by atoms with Gasteiger partial charge in [-0.15, -0.1) is 0 Å². The largest absolute Gasteiger partial charge is 0.497 e. The second kappa shape index (κ2) is 14.3. The molecule has 1 atom stereocenters. The molecule has 9 nitrogen and oxygen atoms in total. The summed E-state index contributed by atoms with van der Waals surface area (Å²) in [7, 11) is 4.37. The number of methoxy groups -OCH3 is 1. The number of benzene rings is 2. The van der Waals surface area contributed by atoms with E-state index in [2.05, 4.69) is 9.98 Å². The number of pyridine rings is 1. The molecule has 1 aromatic heterocycles. The Labute approximate surface area is 255 Å². The molecule has 0 aliphatic heterocycles. The molecule has 0 aliphatic carbocycles. The van der Waals surface area contributed by atoms with Gasteiger partial charge in [-0.25, -0.2) is 13.6 Å². The molecule has 12 heteroatoms. The highest BCUT2D eigenvalue weighted by Crippen LogP contribution is 2.34. The average molecular weight is 616 g/mol. The maximum atomic E-state index is 15.2. The van der Waals surface area contributed by atoms with E-state index in [1.807, 2.05) is 20.8 Å². The number of aliphatic imine (C=N–C) groups is 1. The Morgan fingerprint density at radius 3 is 2.42 bits per heavy atom. The van der Waals surface area contributed by atoms with E-state index >= 15 is 4.39 Å². The number of carbonyl (C=O) groups is 2. The minimum absolute atomic E-state index is 0.0238. The van der Waals surface area contributed by atoms with E-state index in [0.29, 0.717) is 12.0 Å². The average Bonchev–Trinajstić information content (AvgIpc) is 2.94. The lowest BCUT2D eigenvalue weighted by atomic mass is 9.92. The van der Waals surface area contributed by atoms with Crippen LogP contribution in [0.4, 0.5) is 13.6 Å². The number of rotatable bonds is 9. The molecule has 3 aromatic rings. The number of ether oxygens (including phenoxy) is 2. The fraction of sp³-hybridized carbons (Fsp3) is 0.355. The number of hydrogen-bond donors (Lipinski definition) is 1. The SMILES string of the molecule is COc1ccc(C(=O)N(C(N)=NCCC(C)(C)C)[C@H](COC(=O)N(C)C)c2ccc(Cl)c(-c3ncccc3F)c2)c(F)c1. The van der Waals surface area contributed by atoms with Gasteiger partial charge in [0.25, 0.3) is 5.91 Å². The van der Waals surface area contributed by atoms with Gasteiger partial charge < -0.3 is 20.1 Å². The van der Waals surface area contributed by atoms with Crippen molar-refractivity contribution in [3.05, 3.63) is 82.5 Å².